The van der Waals surface area contributed by atoms with Gasteiger partial charge in [0.25, 0.3) is 0 Å². The lowest BCUT2D eigenvalue weighted by Gasteiger charge is -2.06. The van der Waals surface area contributed by atoms with E-state index in [4.69, 9.17) is 9.84 Å². The minimum absolute atomic E-state index is 0.0166. The predicted octanol–water partition coefficient (Wildman–Crippen LogP) is 0.983. The summed E-state index contributed by atoms with van der Waals surface area (Å²) in [6, 6.07) is 4.06. The summed E-state index contributed by atoms with van der Waals surface area (Å²) in [6.45, 7) is 1.20. The normalized spacial score (nSPS) is 10.7. The number of sulfone groups is 1. The van der Waals surface area contributed by atoms with Crippen LogP contribution in [0, 0.1) is 17.7 Å². The van der Waals surface area contributed by atoms with Gasteiger partial charge in [-0.3, -0.25) is 0 Å². The van der Waals surface area contributed by atoms with E-state index in [0.717, 1.165) is 6.07 Å². The lowest BCUT2D eigenvalue weighted by Crippen LogP contribution is -2.15. The van der Waals surface area contributed by atoms with Gasteiger partial charge in [-0.25, -0.2) is 12.8 Å². The third-order valence-electron chi connectivity index (χ3n) is 2.35. The summed E-state index contributed by atoms with van der Waals surface area (Å²) in [4.78, 5) is 0. The van der Waals surface area contributed by atoms with Crippen molar-refractivity contribution in [2.75, 3.05) is 24.7 Å². The van der Waals surface area contributed by atoms with Crippen LogP contribution in [-0.4, -0.2) is 38.2 Å². The number of halogens is 1. The molecule has 0 aliphatic carbocycles. The number of benzene rings is 1. The molecule has 0 aliphatic heterocycles. The summed E-state index contributed by atoms with van der Waals surface area (Å²) in [6.07, 6.45) is 0. The van der Waals surface area contributed by atoms with E-state index in [0.29, 0.717) is 0 Å². The van der Waals surface area contributed by atoms with E-state index in [2.05, 4.69) is 11.8 Å². The van der Waals surface area contributed by atoms with Crippen LogP contribution in [-0.2, 0) is 9.84 Å². The largest absolute Gasteiger partial charge is 0.492 e. The number of hydrogen-bond acceptors (Lipinski definition) is 4. The van der Waals surface area contributed by atoms with Gasteiger partial charge in [-0.2, -0.15) is 0 Å². The van der Waals surface area contributed by atoms with Crippen LogP contribution >= 0.6 is 0 Å². The number of aliphatic hydroxyl groups is 1. The highest BCUT2D eigenvalue weighted by molar-refractivity contribution is 7.91. The molecule has 1 aromatic rings. The van der Waals surface area contributed by atoms with Crippen molar-refractivity contribution in [3.63, 3.8) is 0 Å². The third kappa shape index (κ3) is 5.28. The first-order chi connectivity index (χ1) is 8.98. The molecule has 0 heterocycles. The average molecular weight is 286 g/mol. The maximum atomic E-state index is 13.5. The van der Waals surface area contributed by atoms with Crippen LogP contribution in [0.2, 0.25) is 0 Å². The second-order valence-electron chi connectivity index (χ2n) is 3.69. The zero-order valence-corrected chi connectivity index (χ0v) is 11.3. The van der Waals surface area contributed by atoms with Gasteiger partial charge in [-0.1, -0.05) is 18.8 Å². The molecule has 1 rings (SSSR count). The second kappa shape index (κ2) is 7.12. The molecule has 0 saturated heterocycles. The highest BCUT2D eigenvalue weighted by Crippen LogP contribution is 2.16. The Labute approximate surface area is 112 Å². The first-order valence-electron chi connectivity index (χ1n) is 5.71. The summed E-state index contributed by atoms with van der Waals surface area (Å²) in [5.74, 6) is 4.43. The third-order valence-corrected chi connectivity index (χ3v) is 4.01. The van der Waals surface area contributed by atoms with Crippen molar-refractivity contribution in [3.8, 4) is 17.6 Å². The Balaban J connectivity index is 2.64. The molecule has 1 aromatic carbocycles. The van der Waals surface area contributed by atoms with E-state index in [-0.39, 0.29) is 36.0 Å². The zero-order valence-electron chi connectivity index (χ0n) is 10.5. The van der Waals surface area contributed by atoms with Crippen LogP contribution in [0.1, 0.15) is 12.5 Å². The molecular formula is C13H15FO4S. The van der Waals surface area contributed by atoms with E-state index in [1.54, 1.807) is 6.92 Å². The first kappa shape index (κ1) is 15.5. The van der Waals surface area contributed by atoms with Crippen molar-refractivity contribution in [2.24, 2.45) is 0 Å². The Hall–Kier alpha value is -1.58. The van der Waals surface area contributed by atoms with Gasteiger partial charge >= 0.3 is 0 Å². The highest BCUT2D eigenvalue weighted by atomic mass is 32.2. The molecule has 0 spiro atoms. The molecule has 0 aliphatic rings. The summed E-state index contributed by atoms with van der Waals surface area (Å²) in [5.41, 5.74) is 0.155. The maximum Gasteiger partial charge on any atom is 0.153 e. The number of hydrogen-bond donors (Lipinski definition) is 1. The second-order valence-corrected chi connectivity index (χ2v) is 6.16. The molecule has 6 heteroatoms. The molecule has 0 saturated carbocycles. The monoisotopic (exact) mass is 286 g/mol. The molecule has 4 nitrogen and oxygen atoms in total. The quantitative estimate of drug-likeness (QED) is 0.820. The topological polar surface area (TPSA) is 63.6 Å². The van der Waals surface area contributed by atoms with Gasteiger partial charge in [0.05, 0.1) is 11.3 Å². The Bertz CT molecular complexity index is 584. The van der Waals surface area contributed by atoms with Crippen LogP contribution in [0.5, 0.6) is 5.75 Å². The van der Waals surface area contributed by atoms with Crippen molar-refractivity contribution >= 4 is 9.84 Å². The summed E-state index contributed by atoms with van der Waals surface area (Å²) >= 11 is 0. The van der Waals surface area contributed by atoms with Gasteiger partial charge < -0.3 is 9.84 Å². The lowest BCUT2D eigenvalue weighted by molar-refractivity contribution is 0.339. The van der Waals surface area contributed by atoms with Crippen molar-refractivity contribution in [2.45, 2.75) is 6.92 Å². The fourth-order valence-electron chi connectivity index (χ4n) is 1.25. The minimum Gasteiger partial charge on any atom is -0.492 e. The highest BCUT2D eigenvalue weighted by Gasteiger charge is 2.08. The van der Waals surface area contributed by atoms with Gasteiger partial charge in [0.1, 0.15) is 24.8 Å². The van der Waals surface area contributed by atoms with E-state index in [9.17, 15) is 12.8 Å². The van der Waals surface area contributed by atoms with Crippen LogP contribution in [0.25, 0.3) is 0 Å². The minimum atomic E-state index is -3.09. The molecule has 19 heavy (non-hydrogen) atoms. The molecule has 0 unspecified atom stereocenters. The summed E-state index contributed by atoms with van der Waals surface area (Å²) in [7, 11) is -3.09. The fourth-order valence-corrected chi connectivity index (χ4v) is 1.88. The summed E-state index contributed by atoms with van der Waals surface area (Å²) < 4.78 is 41.2. The van der Waals surface area contributed by atoms with Crippen molar-refractivity contribution in [1.82, 2.24) is 0 Å². The SMILES string of the molecule is CCS(=O)(=O)CCOc1ccc(C#CCO)c(F)c1. The average Bonchev–Trinajstić information content (AvgIpc) is 2.37. The van der Waals surface area contributed by atoms with E-state index in [1.807, 2.05) is 0 Å². The summed E-state index contributed by atoms with van der Waals surface area (Å²) in [5, 5.41) is 8.51. The Kier molecular flexibility index (Phi) is 5.80. The molecule has 1 N–H and O–H groups in total. The van der Waals surface area contributed by atoms with Crippen LogP contribution in [0.4, 0.5) is 4.39 Å². The van der Waals surface area contributed by atoms with Crippen molar-refractivity contribution in [1.29, 1.82) is 0 Å². The van der Waals surface area contributed by atoms with Crippen LogP contribution in [0.3, 0.4) is 0 Å². The molecule has 104 valence electrons. The van der Waals surface area contributed by atoms with Crippen molar-refractivity contribution < 1.29 is 22.7 Å². The fraction of sp³-hybridized carbons (Fsp3) is 0.385. The van der Waals surface area contributed by atoms with Crippen LogP contribution in [0.15, 0.2) is 18.2 Å². The number of ether oxygens (including phenoxy) is 1. The molecule has 0 fully saturated rings. The van der Waals surface area contributed by atoms with Gasteiger partial charge in [-0.15, -0.1) is 0 Å². The van der Waals surface area contributed by atoms with Gasteiger partial charge in [-0.05, 0) is 12.1 Å². The van der Waals surface area contributed by atoms with Crippen molar-refractivity contribution in [3.05, 3.63) is 29.6 Å². The molecule has 0 atom stereocenters. The van der Waals surface area contributed by atoms with Gasteiger partial charge in [0.15, 0.2) is 9.84 Å². The van der Waals surface area contributed by atoms with E-state index < -0.39 is 15.7 Å². The number of rotatable bonds is 5. The smallest absolute Gasteiger partial charge is 0.153 e. The number of aliphatic hydroxyl groups excluding tert-OH is 1. The zero-order chi connectivity index (χ0) is 14.3. The molecule has 0 radical (unpaired) electrons. The molecular weight excluding hydrogens is 271 g/mol. The lowest BCUT2D eigenvalue weighted by atomic mass is 10.2. The van der Waals surface area contributed by atoms with Crippen LogP contribution < -0.4 is 4.74 Å². The van der Waals surface area contributed by atoms with Gasteiger partial charge in [0.2, 0.25) is 0 Å². The standard InChI is InChI=1S/C13H15FO4S/c1-2-19(16,17)9-8-18-12-6-5-11(4-3-7-15)13(14)10-12/h5-6,10,15H,2,7-9H2,1H3. The molecule has 0 bridgehead atoms. The molecule has 0 aromatic heterocycles. The van der Waals surface area contributed by atoms with E-state index in [1.165, 1.54) is 12.1 Å². The first-order valence-corrected chi connectivity index (χ1v) is 7.53. The molecule has 0 amide bonds. The van der Waals surface area contributed by atoms with E-state index >= 15 is 0 Å². The Morgan fingerprint density at radius 2 is 2.16 bits per heavy atom. The Morgan fingerprint density at radius 3 is 2.74 bits per heavy atom. The van der Waals surface area contributed by atoms with Gasteiger partial charge in [0, 0.05) is 11.8 Å². The predicted molar refractivity (Wildman–Crippen MR) is 70.2 cm³/mol. The Morgan fingerprint density at radius 1 is 1.42 bits per heavy atom. The maximum absolute atomic E-state index is 13.5.